The molecule has 6 aliphatic rings. The molecule has 0 saturated heterocycles. The lowest BCUT2D eigenvalue weighted by Gasteiger charge is -2.41. The number of hydrogen-bond acceptors (Lipinski definition) is 0. The van der Waals surface area contributed by atoms with Crippen LogP contribution >= 0.6 is 44.2 Å². The van der Waals surface area contributed by atoms with Crippen molar-refractivity contribution in [2.45, 2.75) is 64.2 Å². The lowest BCUT2D eigenvalue weighted by atomic mass is 9.61. The third-order valence-electron chi connectivity index (χ3n) is 19.4. The van der Waals surface area contributed by atoms with Crippen LogP contribution in [0, 0.1) is 0 Å². The van der Waals surface area contributed by atoms with E-state index in [4.69, 9.17) is 0 Å². The van der Waals surface area contributed by atoms with Crippen LogP contribution in [0.5, 0.6) is 0 Å². The van der Waals surface area contributed by atoms with Gasteiger partial charge in [-0.2, -0.15) is 0 Å². The summed E-state index contributed by atoms with van der Waals surface area (Å²) in [4.78, 5) is 0. The Labute approximate surface area is 500 Å². The Kier molecular flexibility index (Phi) is 11.7. The van der Waals surface area contributed by atoms with Gasteiger partial charge in [0.1, 0.15) is 0 Å². The molecule has 3 heteroatoms. The van der Waals surface area contributed by atoms with Crippen molar-refractivity contribution in [3.05, 3.63) is 308 Å². The number of fused-ring (bicyclic) bond motifs is 24. The zero-order valence-electron chi connectivity index (χ0n) is 44.2. The minimum Gasteiger partial charge on any atom is -0.0776 e. The molecule has 81 heavy (non-hydrogen) atoms. The van der Waals surface area contributed by atoms with Gasteiger partial charge in [0, 0.05) is 43.6 Å². The molecule has 6 aliphatic carbocycles. The van der Waals surface area contributed by atoms with Crippen molar-refractivity contribution in [1.29, 1.82) is 0 Å². The van der Waals surface area contributed by atoms with E-state index in [0.29, 0.717) is 0 Å². The molecular formula is C78H59Br3. The summed E-state index contributed by atoms with van der Waals surface area (Å²) < 4.78 is 1.15. The Balaban J connectivity index is 0.000000138. The SMILES string of the molecule is BrBr.C.C.CC1(C)c2ccccc2-c2cc3c(cc21)-c1ccc(Br)c2cccc(c12)C31c2ccccc2-c2ccccc21.CC1(C)c2ccccc2-c2cc3c(cc21)-c1cccc2cccc(c12)C31c2ccccc2-c2ccccc21. The first-order valence-electron chi connectivity index (χ1n) is 27.5. The van der Waals surface area contributed by atoms with Gasteiger partial charge in [-0.25, -0.2) is 0 Å². The van der Waals surface area contributed by atoms with Crippen molar-refractivity contribution in [3.8, 4) is 66.8 Å². The van der Waals surface area contributed by atoms with Crippen molar-refractivity contribution in [3.63, 3.8) is 0 Å². The van der Waals surface area contributed by atoms with Crippen LogP contribution in [-0.2, 0) is 21.7 Å². The molecule has 0 amide bonds. The van der Waals surface area contributed by atoms with Crippen LogP contribution in [0.3, 0.4) is 0 Å². The fourth-order valence-electron chi connectivity index (χ4n) is 16.3. The van der Waals surface area contributed by atoms with Crippen molar-refractivity contribution in [2.75, 3.05) is 0 Å². The summed E-state index contributed by atoms with van der Waals surface area (Å²) in [5, 5.41) is 5.34. The summed E-state index contributed by atoms with van der Waals surface area (Å²) in [7, 11) is 0. The third kappa shape index (κ3) is 6.41. The van der Waals surface area contributed by atoms with Gasteiger partial charge >= 0.3 is 0 Å². The lowest BCUT2D eigenvalue weighted by molar-refractivity contribution is 0.659. The maximum Gasteiger partial charge on any atom is 0.0725 e. The molecule has 0 aromatic heterocycles. The van der Waals surface area contributed by atoms with Gasteiger partial charge in [0.05, 0.1) is 10.8 Å². The molecule has 0 heterocycles. The van der Waals surface area contributed by atoms with Gasteiger partial charge in [0.15, 0.2) is 0 Å². The topological polar surface area (TPSA) is 0 Å². The highest BCUT2D eigenvalue weighted by Crippen LogP contribution is 2.66. The highest BCUT2D eigenvalue weighted by atomic mass is 80.9. The Morgan fingerprint density at radius 3 is 0.975 bits per heavy atom. The van der Waals surface area contributed by atoms with E-state index in [9.17, 15) is 0 Å². The zero-order chi connectivity index (χ0) is 53.3. The van der Waals surface area contributed by atoms with Gasteiger partial charge in [-0.1, -0.05) is 265 Å². The predicted octanol–water partition coefficient (Wildman–Crippen LogP) is 22.7. The number of rotatable bonds is 0. The monoisotopic (exact) mass is 1230 g/mol. The second-order valence-electron chi connectivity index (χ2n) is 23.4. The highest BCUT2D eigenvalue weighted by Gasteiger charge is 2.53. The molecule has 18 rings (SSSR count). The molecule has 0 N–H and O–H groups in total. The van der Waals surface area contributed by atoms with Gasteiger partial charge in [-0.15, -0.1) is 0 Å². The number of benzene rings is 12. The Morgan fingerprint density at radius 1 is 0.247 bits per heavy atom. The largest absolute Gasteiger partial charge is 0.0776 e. The molecule has 392 valence electrons. The Bertz CT molecular complexity index is 4570. The standard InChI is InChI=1S/C38H25Br.C38H26.2CH4.Br2/c1-37(2)29-14-6-3-12-24(29)27-21-34-28(20-33(27)37)25-18-19-35(39)26-13-9-17-32(36(25)26)38(34)30-15-7-4-10-22(30)23-11-5-8-16-31(23)38;1-37(2)30-17-6-3-15-26(30)28-22-35-29(21-34(28)37)27-16-9-11-23-12-10-20-33(36(23)27)38(35)31-18-7-4-13-24(31)25-14-5-8-19-32(25)38;;;1-2/h3-21H,1-2H3;3-22H,1-2H3;2*1H4;. The predicted molar refractivity (Wildman–Crippen MR) is 355 cm³/mol. The third-order valence-corrected chi connectivity index (χ3v) is 20.1. The van der Waals surface area contributed by atoms with Crippen LogP contribution in [0.4, 0.5) is 0 Å². The highest BCUT2D eigenvalue weighted by molar-refractivity contribution is 9.93. The van der Waals surface area contributed by atoms with E-state index >= 15 is 0 Å². The van der Waals surface area contributed by atoms with Crippen LogP contribution in [0.1, 0.15) is 109 Å². The first kappa shape index (κ1) is 51.7. The van der Waals surface area contributed by atoms with Crippen LogP contribution in [-0.4, -0.2) is 0 Å². The molecule has 2 spiro atoms. The maximum absolute atomic E-state index is 3.91. The fourth-order valence-corrected chi connectivity index (χ4v) is 16.7. The molecule has 0 fully saturated rings. The Morgan fingerprint density at radius 2 is 0.543 bits per heavy atom. The van der Waals surface area contributed by atoms with Gasteiger partial charge < -0.3 is 0 Å². The average molecular weight is 1240 g/mol. The summed E-state index contributed by atoms with van der Waals surface area (Å²) in [6.45, 7) is 9.54. The summed E-state index contributed by atoms with van der Waals surface area (Å²) in [5.74, 6) is 0. The van der Waals surface area contributed by atoms with E-state index in [2.05, 4.69) is 308 Å². The van der Waals surface area contributed by atoms with Crippen molar-refractivity contribution in [2.24, 2.45) is 0 Å². The molecule has 0 nitrogen and oxygen atoms in total. The minimum absolute atomic E-state index is 0. The second-order valence-corrected chi connectivity index (χ2v) is 24.3. The summed E-state index contributed by atoms with van der Waals surface area (Å²) in [5.41, 5.74) is 32.4. The van der Waals surface area contributed by atoms with Gasteiger partial charge in [-0.3, -0.25) is 0 Å². The molecule has 12 aromatic carbocycles. The fraction of sp³-hybridized carbons (Fsp3) is 0.128. The van der Waals surface area contributed by atoms with E-state index in [0.717, 1.165) is 4.47 Å². The van der Waals surface area contributed by atoms with E-state index in [1.54, 1.807) is 0 Å². The smallest absolute Gasteiger partial charge is 0.0725 e. The summed E-state index contributed by atoms with van der Waals surface area (Å²) in [6.07, 6.45) is 0. The lowest BCUT2D eigenvalue weighted by Crippen LogP contribution is -2.32. The second kappa shape index (κ2) is 18.3. The quantitative estimate of drug-likeness (QED) is 0.142. The van der Waals surface area contributed by atoms with Crippen molar-refractivity contribution >= 4 is 65.7 Å². The van der Waals surface area contributed by atoms with Crippen molar-refractivity contribution < 1.29 is 0 Å². The molecule has 0 bridgehead atoms. The number of halogens is 3. The van der Waals surface area contributed by atoms with Gasteiger partial charge in [-0.05, 0) is 185 Å². The zero-order valence-corrected chi connectivity index (χ0v) is 48.9. The summed E-state index contributed by atoms with van der Waals surface area (Å²) >= 11 is 9.41. The average Bonchev–Trinajstić information content (AvgIpc) is 3.71. The van der Waals surface area contributed by atoms with E-state index in [1.807, 2.05) is 0 Å². The molecule has 12 aromatic rings. The van der Waals surface area contributed by atoms with Crippen LogP contribution in [0.2, 0.25) is 0 Å². The molecule has 0 saturated carbocycles. The maximum atomic E-state index is 3.91. The first-order valence-corrected chi connectivity index (χ1v) is 32.0. The van der Waals surface area contributed by atoms with Gasteiger partial charge in [0.25, 0.3) is 0 Å². The molecule has 0 aliphatic heterocycles. The first-order chi connectivity index (χ1) is 38.6. The number of hydrogen-bond donors (Lipinski definition) is 0. The molecule has 0 radical (unpaired) electrons. The normalized spacial score (nSPS) is 15.3. The molecular weight excluding hydrogens is 1180 g/mol. The van der Waals surface area contributed by atoms with E-state index in [-0.39, 0.29) is 36.5 Å². The van der Waals surface area contributed by atoms with Crippen molar-refractivity contribution in [1.82, 2.24) is 0 Å². The van der Waals surface area contributed by atoms with E-state index in [1.165, 1.54) is 155 Å². The Hall–Kier alpha value is -7.40. The van der Waals surface area contributed by atoms with Crippen LogP contribution in [0.25, 0.3) is 88.3 Å². The van der Waals surface area contributed by atoms with Crippen LogP contribution in [0.15, 0.2) is 241 Å². The minimum atomic E-state index is -0.382. The van der Waals surface area contributed by atoms with Crippen LogP contribution < -0.4 is 0 Å². The molecule has 0 unspecified atom stereocenters. The summed E-state index contributed by atoms with van der Waals surface area (Å²) in [6, 6.07) is 89.8. The molecule has 0 atom stereocenters. The van der Waals surface area contributed by atoms with E-state index < -0.39 is 0 Å². The van der Waals surface area contributed by atoms with Gasteiger partial charge in [0.2, 0.25) is 0 Å².